The predicted octanol–water partition coefficient (Wildman–Crippen LogP) is 3.26. The third kappa shape index (κ3) is 3.71. The van der Waals surface area contributed by atoms with Gasteiger partial charge in [0.2, 0.25) is 5.91 Å². The molecule has 2 aromatic heterocycles. The first-order valence-corrected chi connectivity index (χ1v) is 9.41. The number of carbonyl (C=O) groups excluding carboxylic acids is 1. The molecule has 0 aliphatic carbocycles. The second-order valence-corrected chi connectivity index (χ2v) is 7.28. The van der Waals surface area contributed by atoms with E-state index in [1.807, 2.05) is 32.0 Å². The number of hydrogen-bond donors (Lipinski definition) is 1. The SMILES string of the molecule is Cc1ccc(C)c(-c2cc3c(=O)n(CC(=O)Nc4ccc(C)c(F)c4)ncn3n2)c1. The number of hydrogen-bond acceptors (Lipinski definition) is 4. The lowest BCUT2D eigenvalue weighted by molar-refractivity contribution is -0.117. The van der Waals surface area contributed by atoms with Crippen molar-refractivity contribution in [1.82, 2.24) is 19.4 Å². The van der Waals surface area contributed by atoms with Gasteiger partial charge in [-0.05, 0) is 56.2 Å². The highest BCUT2D eigenvalue weighted by molar-refractivity contribution is 5.90. The normalized spacial score (nSPS) is 11.1. The predicted molar refractivity (Wildman–Crippen MR) is 112 cm³/mol. The van der Waals surface area contributed by atoms with Crippen molar-refractivity contribution in [2.75, 3.05) is 5.32 Å². The first-order valence-electron chi connectivity index (χ1n) is 9.41. The van der Waals surface area contributed by atoms with Gasteiger partial charge in [-0.2, -0.15) is 10.2 Å². The lowest BCUT2D eigenvalue weighted by Gasteiger charge is -2.07. The van der Waals surface area contributed by atoms with Crippen LogP contribution in [0.2, 0.25) is 0 Å². The Morgan fingerprint density at radius 3 is 2.60 bits per heavy atom. The van der Waals surface area contributed by atoms with Crippen LogP contribution < -0.4 is 10.9 Å². The van der Waals surface area contributed by atoms with Gasteiger partial charge in [-0.25, -0.2) is 13.6 Å². The van der Waals surface area contributed by atoms with E-state index in [1.165, 1.54) is 16.9 Å². The highest BCUT2D eigenvalue weighted by Gasteiger charge is 2.14. The highest BCUT2D eigenvalue weighted by Crippen LogP contribution is 2.23. The van der Waals surface area contributed by atoms with Crippen molar-refractivity contribution in [2.45, 2.75) is 27.3 Å². The average molecular weight is 405 g/mol. The minimum absolute atomic E-state index is 0.297. The van der Waals surface area contributed by atoms with E-state index in [2.05, 4.69) is 15.5 Å². The summed E-state index contributed by atoms with van der Waals surface area (Å²) in [5.74, 6) is -0.894. The summed E-state index contributed by atoms with van der Waals surface area (Å²) in [7, 11) is 0. The van der Waals surface area contributed by atoms with Gasteiger partial charge in [0.1, 0.15) is 24.2 Å². The molecule has 4 aromatic rings. The largest absolute Gasteiger partial charge is 0.324 e. The van der Waals surface area contributed by atoms with Crippen molar-refractivity contribution in [2.24, 2.45) is 0 Å². The van der Waals surface area contributed by atoms with E-state index < -0.39 is 17.3 Å². The van der Waals surface area contributed by atoms with Gasteiger partial charge in [0.05, 0.1) is 5.69 Å². The van der Waals surface area contributed by atoms with Gasteiger partial charge in [-0.3, -0.25) is 9.59 Å². The van der Waals surface area contributed by atoms with Crippen LogP contribution in [0, 0.1) is 26.6 Å². The van der Waals surface area contributed by atoms with E-state index in [0.29, 0.717) is 22.5 Å². The number of nitrogens with zero attached hydrogens (tertiary/aromatic N) is 4. The Bertz CT molecular complexity index is 1340. The van der Waals surface area contributed by atoms with Gasteiger partial charge >= 0.3 is 0 Å². The topological polar surface area (TPSA) is 81.3 Å². The fraction of sp³-hybridized carbons (Fsp3) is 0.182. The summed E-state index contributed by atoms with van der Waals surface area (Å²) in [6.45, 7) is 5.31. The highest BCUT2D eigenvalue weighted by atomic mass is 19.1. The first kappa shape index (κ1) is 19.5. The number of nitrogens with one attached hydrogen (secondary N) is 1. The maximum atomic E-state index is 13.7. The number of halogens is 1. The number of fused-ring (bicyclic) bond motifs is 1. The number of aromatic nitrogens is 4. The number of benzene rings is 2. The minimum Gasteiger partial charge on any atom is -0.324 e. The molecule has 0 atom stereocenters. The van der Waals surface area contributed by atoms with Crippen molar-refractivity contribution < 1.29 is 9.18 Å². The van der Waals surface area contributed by atoms with Gasteiger partial charge in [-0.1, -0.05) is 23.8 Å². The summed E-state index contributed by atoms with van der Waals surface area (Å²) in [6, 6.07) is 12.1. The summed E-state index contributed by atoms with van der Waals surface area (Å²) >= 11 is 0. The molecule has 0 unspecified atom stereocenters. The van der Waals surface area contributed by atoms with Crippen molar-refractivity contribution >= 4 is 17.1 Å². The molecule has 1 N–H and O–H groups in total. The zero-order valence-corrected chi connectivity index (χ0v) is 16.8. The molecule has 7 nitrogen and oxygen atoms in total. The Morgan fingerprint density at radius 2 is 1.83 bits per heavy atom. The Morgan fingerprint density at radius 1 is 1.07 bits per heavy atom. The molecular weight excluding hydrogens is 385 g/mol. The van der Waals surface area contributed by atoms with Gasteiger partial charge < -0.3 is 5.32 Å². The zero-order chi connectivity index (χ0) is 21.4. The molecule has 152 valence electrons. The molecule has 0 aliphatic heterocycles. The summed E-state index contributed by atoms with van der Waals surface area (Å²) < 4.78 is 16.1. The van der Waals surface area contributed by atoms with Crippen molar-refractivity contribution in [3.8, 4) is 11.3 Å². The van der Waals surface area contributed by atoms with Crippen LogP contribution in [0.3, 0.4) is 0 Å². The number of amides is 1. The molecule has 2 aromatic carbocycles. The van der Waals surface area contributed by atoms with E-state index in [0.717, 1.165) is 21.4 Å². The van der Waals surface area contributed by atoms with Crippen LogP contribution >= 0.6 is 0 Å². The van der Waals surface area contributed by atoms with Gasteiger partial charge in [0.25, 0.3) is 5.56 Å². The van der Waals surface area contributed by atoms with Crippen LogP contribution in [-0.2, 0) is 11.3 Å². The number of aryl methyl sites for hydroxylation is 3. The second-order valence-electron chi connectivity index (χ2n) is 7.28. The molecular formula is C22H20FN5O2. The Labute approximate surface area is 171 Å². The summed E-state index contributed by atoms with van der Waals surface area (Å²) in [5.41, 5.74) is 4.41. The fourth-order valence-electron chi connectivity index (χ4n) is 3.20. The zero-order valence-electron chi connectivity index (χ0n) is 16.8. The van der Waals surface area contributed by atoms with Crippen molar-refractivity contribution in [3.63, 3.8) is 0 Å². The molecule has 0 saturated heterocycles. The molecule has 0 bridgehead atoms. The summed E-state index contributed by atoms with van der Waals surface area (Å²) in [6.07, 6.45) is 1.39. The van der Waals surface area contributed by atoms with Gasteiger partial charge in [-0.15, -0.1) is 0 Å². The van der Waals surface area contributed by atoms with E-state index in [4.69, 9.17) is 0 Å². The summed E-state index contributed by atoms with van der Waals surface area (Å²) in [4.78, 5) is 25.1. The first-order chi connectivity index (χ1) is 14.3. The van der Waals surface area contributed by atoms with Crippen LogP contribution in [0.25, 0.3) is 16.8 Å². The standard InChI is InChI=1S/C22H20FN5O2/c1-13-4-5-14(2)17(8-13)19-10-20-22(30)27(24-12-28(20)26-19)11-21(29)25-16-7-6-15(3)18(23)9-16/h4-10,12H,11H2,1-3H3,(H,25,29). The Balaban J connectivity index is 1.61. The van der Waals surface area contributed by atoms with Crippen LogP contribution in [-0.4, -0.2) is 25.3 Å². The fourth-order valence-corrected chi connectivity index (χ4v) is 3.20. The van der Waals surface area contributed by atoms with Crippen LogP contribution in [0.5, 0.6) is 0 Å². The van der Waals surface area contributed by atoms with Crippen molar-refractivity contribution in [1.29, 1.82) is 0 Å². The second kappa shape index (κ2) is 7.55. The Hall–Kier alpha value is -3.81. The molecule has 0 aliphatic rings. The minimum atomic E-state index is -0.480. The number of anilines is 1. The van der Waals surface area contributed by atoms with Crippen LogP contribution in [0.4, 0.5) is 10.1 Å². The lowest BCUT2D eigenvalue weighted by atomic mass is 10.0. The van der Waals surface area contributed by atoms with E-state index in [9.17, 15) is 14.0 Å². The molecule has 30 heavy (non-hydrogen) atoms. The third-order valence-corrected chi connectivity index (χ3v) is 4.91. The van der Waals surface area contributed by atoms with Crippen LogP contribution in [0.15, 0.2) is 53.6 Å². The van der Waals surface area contributed by atoms with Gasteiger partial charge in [0, 0.05) is 11.3 Å². The molecule has 0 fully saturated rings. The Kier molecular flexibility index (Phi) is 4.91. The molecule has 0 spiro atoms. The monoisotopic (exact) mass is 405 g/mol. The van der Waals surface area contributed by atoms with E-state index in [1.54, 1.807) is 25.1 Å². The molecule has 1 amide bonds. The van der Waals surface area contributed by atoms with E-state index >= 15 is 0 Å². The summed E-state index contributed by atoms with van der Waals surface area (Å²) in [5, 5.41) is 11.1. The smallest absolute Gasteiger partial charge is 0.293 e. The molecule has 8 heteroatoms. The number of rotatable bonds is 4. The number of carbonyl (C=O) groups is 1. The maximum absolute atomic E-state index is 13.7. The average Bonchev–Trinajstić information content (AvgIpc) is 3.14. The quantitative estimate of drug-likeness (QED) is 0.565. The molecule has 4 rings (SSSR count). The van der Waals surface area contributed by atoms with Crippen molar-refractivity contribution in [3.05, 3.63) is 81.7 Å². The molecule has 2 heterocycles. The van der Waals surface area contributed by atoms with E-state index in [-0.39, 0.29) is 6.54 Å². The third-order valence-electron chi connectivity index (χ3n) is 4.91. The van der Waals surface area contributed by atoms with Gasteiger partial charge in [0.15, 0.2) is 0 Å². The molecule has 0 radical (unpaired) electrons. The lowest BCUT2D eigenvalue weighted by Crippen LogP contribution is -2.30. The molecule has 0 saturated carbocycles. The van der Waals surface area contributed by atoms with Crippen LogP contribution in [0.1, 0.15) is 16.7 Å². The maximum Gasteiger partial charge on any atom is 0.293 e.